The Labute approximate surface area is 302 Å². The molecule has 0 saturated carbocycles. The third kappa shape index (κ3) is 14.2. The molecule has 2 heterocycles. The van der Waals surface area contributed by atoms with Gasteiger partial charge in [0.15, 0.2) is 0 Å². The number of amides is 3. The van der Waals surface area contributed by atoms with E-state index in [1.807, 2.05) is 64.4 Å². The van der Waals surface area contributed by atoms with E-state index in [0.29, 0.717) is 26.4 Å². The van der Waals surface area contributed by atoms with Crippen LogP contribution in [0.2, 0.25) is 0 Å². The highest BCUT2D eigenvalue weighted by atomic mass is 32.1. The molecule has 0 aliphatic carbocycles. The van der Waals surface area contributed by atoms with E-state index in [9.17, 15) is 24.3 Å². The Morgan fingerprint density at radius 3 is 1.96 bits per heavy atom. The summed E-state index contributed by atoms with van der Waals surface area (Å²) in [5.41, 5.74) is 4.01. The van der Waals surface area contributed by atoms with Crippen LogP contribution in [0, 0.1) is 12.3 Å². The van der Waals surface area contributed by atoms with Crippen molar-refractivity contribution in [3.8, 4) is 10.4 Å². The first kappa shape index (κ1) is 41.9. The third-order valence-electron chi connectivity index (χ3n) is 8.01. The molecule has 4 unspecified atom stereocenters. The maximum Gasteiger partial charge on any atom is 0.329 e. The van der Waals surface area contributed by atoms with Crippen LogP contribution in [0.4, 0.5) is 0 Å². The Morgan fingerprint density at radius 2 is 1.45 bits per heavy atom. The fraction of sp³-hybridized carbons (Fsp3) is 0.629. The smallest absolute Gasteiger partial charge is 0.329 e. The number of aliphatic hydroxyl groups is 1. The summed E-state index contributed by atoms with van der Waals surface area (Å²) in [7, 11) is 0. The molecule has 0 bridgehead atoms. The fourth-order valence-electron chi connectivity index (χ4n) is 5.32. The molecule has 51 heavy (non-hydrogen) atoms. The number of carbonyl (C=O) groups excluding carboxylic acids is 3. The summed E-state index contributed by atoms with van der Waals surface area (Å²) in [4.78, 5) is 57.3. The van der Waals surface area contributed by atoms with Crippen LogP contribution >= 0.6 is 11.3 Å². The van der Waals surface area contributed by atoms with E-state index in [0.717, 1.165) is 21.7 Å². The average Bonchev–Trinajstić information content (AvgIpc) is 3.69. The average molecular weight is 737 g/mol. The lowest BCUT2D eigenvalue weighted by Crippen LogP contribution is -2.58. The topological polar surface area (TPSA) is 195 Å². The van der Waals surface area contributed by atoms with Crippen molar-refractivity contribution in [2.75, 3.05) is 72.6 Å². The number of β-amino-alcohol motifs (C(OH)–C–C–N with tert-alkyl or cyclic N) is 1. The second kappa shape index (κ2) is 21.1. The molecule has 4 N–H and O–H groups in total. The molecule has 1 aliphatic heterocycles. The number of aromatic nitrogens is 1. The summed E-state index contributed by atoms with van der Waals surface area (Å²) in [6.07, 6.45) is -0.788. The first-order chi connectivity index (χ1) is 24.3. The number of carboxylic acids is 1. The number of nitrogens with zero attached hydrogens (tertiary/aromatic N) is 2. The predicted molar refractivity (Wildman–Crippen MR) is 188 cm³/mol. The van der Waals surface area contributed by atoms with Gasteiger partial charge in [0.25, 0.3) is 0 Å². The quantitative estimate of drug-likeness (QED) is 0.129. The van der Waals surface area contributed by atoms with Gasteiger partial charge >= 0.3 is 5.97 Å². The summed E-state index contributed by atoms with van der Waals surface area (Å²) in [6.45, 7) is 10.8. The molecule has 0 spiro atoms. The Balaban J connectivity index is 1.39. The molecular weight excluding hydrogens is 684 g/mol. The van der Waals surface area contributed by atoms with E-state index in [1.165, 1.54) is 4.90 Å². The van der Waals surface area contributed by atoms with Crippen LogP contribution < -0.4 is 10.6 Å². The van der Waals surface area contributed by atoms with Crippen LogP contribution in [0.15, 0.2) is 29.8 Å². The lowest BCUT2D eigenvalue weighted by molar-refractivity contribution is -0.144. The maximum atomic E-state index is 13.9. The molecule has 1 aromatic carbocycles. The number of hydrogen-bond acceptors (Lipinski definition) is 12. The van der Waals surface area contributed by atoms with Crippen molar-refractivity contribution >= 4 is 35.0 Å². The zero-order valence-corrected chi connectivity index (χ0v) is 30.9. The van der Waals surface area contributed by atoms with Gasteiger partial charge < -0.3 is 49.4 Å². The SMILES string of the molecule is Cc1ncsc1-c1ccc(C(C)NC(=O)C2CC(O)CN2C(=O)C(NC(=O)COCCOCCOCCOCCOCC(=O)O)C(C)(C)C)cc1. The van der Waals surface area contributed by atoms with E-state index in [1.54, 1.807) is 11.3 Å². The number of ether oxygens (including phenoxy) is 5. The summed E-state index contributed by atoms with van der Waals surface area (Å²) in [6, 6.07) is 5.67. The molecule has 15 nitrogen and oxygen atoms in total. The van der Waals surface area contributed by atoms with Crippen LogP contribution in [0.5, 0.6) is 0 Å². The van der Waals surface area contributed by atoms with Gasteiger partial charge in [-0.1, -0.05) is 45.0 Å². The highest BCUT2D eigenvalue weighted by Gasteiger charge is 2.44. The van der Waals surface area contributed by atoms with E-state index < -0.39 is 41.4 Å². The minimum atomic E-state index is -1.03. The van der Waals surface area contributed by atoms with Crippen molar-refractivity contribution in [3.63, 3.8) is 0 Å². The molecule has 1 saturated heterocycles. The number of hydrogen-bond donors (Lipinski definition) is 4. The van der Waals surface area contributed by atoms with E-state index in [2.05, 4.69) is 15.6 Å². The zero-order chi connectivity index (χ0) is 37.4. The lowest BCUT2D eigenvalue weighted by atomic mass is 9.85. The number of carboxylic acid groups (broad SMARTS) is 1. The zero-order valence-electron chi connectivity index (χ0n) is 30.1. The number of rotatable bonds is 22. The second-order valence-electron chi connectivity index (χ2n) is 13.2. The van der Waals surface area contributed by atoms with Crippen molar-refractivity contribution < 1.29 is 53.1 Å². The molecule has 16 heteroatoms. The summed E-state index contributed by atoms with van der Waals surface area (Å²) in [5, 5.41) is 24.8. The number of thiazole rings is 1. The van der Waals surface area contributed by atoms with Gasteiger partial charge in [0.2, 0.25) is 17.7 Å². The van der Waals surface area contributed by atoms with Crippen LogP contribution in [-0.4, -0.2) is 135 Å². The van der Waals surface area contributed by atoms with Gasteiger partial charge in [-0.2, -0.15) is 0 Å². The largest absolute Gasteiger partial charge is 0.480 e. The Kier molecular flexibility index (Phi) is 17.4. The van der Waals surface area contributed by atoms with Crippen LogP contribution in [0.3, 0.4) is 0 Å². The van der Waals surface area contributed by atoms with Gasteiger partial charge in [-0.05, 0) is 30.4 Å². The van der Waals surface area contributed by atoms with Crippen molar-refractivity contribution in [3.05, 3.63) is 41.0 Å². The van der Waals surface area contributed by atoms with E-state index in [-0.39, 0.29) is 64.6 Å². The summed E-state index contributed by atoms with van der Waals surface area (Å²) >= 11 is 1.57. The van der Waals surface area contributed by atoms with Gasteiger partial charge in [-0.25, -0.2) is 9.78 Å². The molecule has 1 fully saturated rings. The summed E-state index contributed by atoms with van der Waals surface area (Å²) in [5.74, 6) is -2.36. The van der Waals surface area contributed by atoms with Gasteiger partial charge in [-0.3, -0.25) is 14.4 Å². The van der Waals surface area contributed by atoms with Gasteiger partial charge in [0, 0.05) is 13.0 Å². The Morgan fingerprint density at radius 1 is 0.902 bits per heavy atom. The molecule has 3 amide bonds. The van der Waals surface area contributed by atoms with Crippen LogP contribution in [-0.2, 0) is 42.9 Å². The number of nitrogens with one attached hydrogen (secondary N) is 2. The van der Waals surface area contributed by atoms with Crippen molar-refractivity contribution in [1.29, 1.82) is 0 Å². The highest BCUT2D eigenvalue weighted by Crippen LogP contribution is 2.29. The molecule has 0 radical (unpaired) electrons. The van der Waals surface area contributed by atoms with Crippen LogP contribution in [0.25, 0.3) is 10.4 Å². The number of carbonyl (C=O) groups is 4. The molecular formula is C35H52N4O11S. The number of aliphatic carboxylic acids is 1. The van der Waals surface area contributed by atoms with Gasteiger partial charge in [0.1, 0.15) is 25.3 Å². The minimum absolute atomic E-state index is 0.0230. The molecule has 3 rings (SSSR count). The first-order valence-electron chi connectivity index (χ1n) is 17.0. The molecule has 4 atom stereocenters. The van der Waals surface area contributed by atoms with Crippen molar-refractivity contribution in [2.45, 2.75) is 65.3 Å². The molecule has 284 valence electrons. The van der Waals surface area contributed by atoms with Gasteiger partial charge in [-0.15, -0.1) is 11.3 Å². The maximum absolute atomic E-state index is 13.9. The minimum Gasteiger partial charge on any atom is -0.480 e. The predicted octanol–water partition coefficient (Wildman–Crippen LogP) is 1.96. The Hall–Kier alpha value is -3.51. The molecule has 1 aromatic heterocycles. The standard InChI is InChI=1S/C35H52N4O11S/c1-23(25-6-8-26(9-7-25)31-24(2)36-22-51-31)37-33(44)28-18-27(40)19-39(28)34(45)32(35(3,4)5)38-29(41)20-49-16-14-47-12-10-46-11-13-48-15-17-50-21-30(42)43/h6-9,22-23,27-28,32,40H,10-21H2,1-5H3,(H,37,44)(H,38,41)(H,42,43). The number of benzene rings is 1. The van der Waals surface area contributed by atoms with Crippen molar-refractivity contribution in [2.24, 2.45) is 5.41 Å². The first-order valence-corrected chi connectivity index (χ1v) is 17.8. The van der Waals surface area contributed by atoms with E-state index >= 15 is 0 Å². The Bertz CT molecular complexity index is 1400. The normalized spacial score (nSPS) is 17.3. The second-order valence-corrected chi connectivity index (χ2v) is 14.1. The fourth-order valence-corrected chi connectivity index (χ4v) is 6.13. The molecule has 2 aromatic rings. The number of aliphatic hydroxyl groups excluding tert-OH is 1. The summed E-state index contributed by atoms with van der Waals surface area (Å²) < 4.78 is 26.4. The van der Waals surface area contributed by atoms with Gasteiger partial charge in [0.05, 0.1) is 81.1 Å². The van der Waals surface area contributed by atoms with Crippen LogP contribution in [0.1, 0.15) is 51.4 Å². The highest BCUT2D eigenvalue weighted by molar-refractivity contribution is 7.13. The molecule has 1 aliphatic rings. The number of likely N-dealkylation sites (tertiary alicyclic amines) is 1. The lowest BCUT2D eigenvalue weighted by Gasteiger charge is -2.35. The number of aryl methyl sites for hydroxylation is 1. The van der Waals surface area contributed by atoms with Crippen molar-refractivity contribution in [1.82, 2.24) is 20.5 Å². The third-order valence-corrected chi connectivity index (χ3v) is 8.98. The van der Waals surface area contributed by atoms with E-state index in [4.69, 9.17) is 28.8 Å². The monoisotopic (exact) mass is 736 g/mol.